The average molecular weight is 332 g/mol. The van der Waals surface area contributed by atoms with Crippen LogP contribution in [0.15, 0.2) is 41.0 Å². The highest BCUT2D eigenvalue weighted by molar-refractivity contribution is 5.91. The summed E-state index contributed by atoms with van der Waals surface area (Å²) in [5.41, 5.74) is 1.04. The maximum Gasteiger partial charge on any atom is 0.287 e. The first kappa shape index (κ1) is 17.4. The van der Waals surface area contributed by atoms with E-state index < -0.39 is 0 Å². The van der Waals surface area contributed by atoms with Crippen LogP contribution in [0.3, 0.4) is 0 Å². The fraction of sp³-hybridized carbons (Fsp3) is 0.294. The van der Waals surface area contributed by atoms with Gasteiger partial charge in [-0.2, -0.15) is 0 Å². The second-order valence-electron chi connectivity index (χ2n) is 5.03. The molecule has 2 rings (SSSR count). The number of ether oxygens (including phenoxy) is 2. The third-order valence-electron chi connectivity index (χ3n) is 3.16. The molecule has 0 fully saturated rings. The number of carbonyl (C=O) groups is 2. The minimum Gasteiger partial charge on any atom is -0.493 e. The Morgan fingerprint density at radius 2 is 1.92 bits per heavy atom. The first-order valence-electron chi connectivity index (χ1n) is 7.46. The second-order valence-corrected chi connectivity index (χ2v) is 5.03. The molecule has 1 heterocycles. The largest absolute Gasteiger partial charge is 0.493 e. The van der Waals surface area contributed by atoms with Crippen molar-refractivity contribution >= 4 is 11.8 Å². The quantitative estimate of drug-likeness (QED) is 0.716. The molecule has 1 aromatic heterocycles. The summed E-state index contributed by atoms with van der Waals surface area (Å²) in [4.78, 5) is 23.4. The normalized spacial score (nSPS) is 10.1. The number of carbonyl (C=O) groups excluding carboxylic acids is 2. The summed E-state index contributed by atoms with van der Waals surface area (Å²) in [5.74, 6) is 0.703. The van der Waals surface area contributed by atoms with Gasteiger partial charge in [0.1, 0.15) is 0 Å². The minimum absolute atomic E-state index is 0.133. The van der Waals surface area contributed by atoms with Crippen LogP contribution in [-0.4, -0.2) is 38.6 Å². The maximum atomic E-state index is 11.7. The SMILES string of the molecule is COc1cc(C)ccc1OCC(=O)NCCNC(=O)c1ccco1. The van der Waals surface area contributed by atoms with Crippen molar-refractivity contribution < 1.29 is 23.5 Å². The van der Waals surface area contributed by atoms with E-state index >= 15 is 0 Å². The van der Waals surface area contributed by atoms with E-state index in [1.54, 1.807) is 25.3 Å². The predicted octanol–water partition coefficient (Wildman–Crippen LogP) is 1.52. The fourth-order valence-corrected chi connectivity index (χ4v) is 1.96. The number of hydrogen-bond donors (Lipinski definition) is 2. The van der Waals surface area contributed by atoms with Crippen molar-refractivity contribution in [3.05, 3.63) is 47.9 Å². The highest BCUT2D eigenvalue weighted by Crippen LogP contribution is 2.27. The molecule has 128 valence electrons. The van der Waals surface area contributed by atoms with Gasteiger partial charge in [0.15, 0.2) is 23.9 Å². The Bertz CT molecular complexity index is 682. The zero-order chi connectivity index (χ0) is 17.4. The lowest BCUT2D eigenvalue weighted by Crippen LogP contribution is -2.36. The van der Waals surface area contributed by atoms with Crippen LogP contribution in [0.1, 0.15) is 16.1 Å². The summed E-state index contributed by atoms with van der Waals surface area (Å²) < 4.78 is 15.6. The smallest absolute Gasteiger partial charge is 0.287 e. The Labute approximate surface area is 139 Å². The maximum absolute atomic E-state index is 11.7. The molecule has 7 heteroatoms. The predicted molar refractivity (Wildman–Crippen MR) is 87.3 cm³/mol. The van der Waals surface area contributed by atoms with Crippen LogP contribution in [-0.2, 0) is 4.79 Å². The van der Waals surface area contributed by atoms with Crippen molar-refractivity contribution in [2.24, 2.45) is 0 Å². The lowest BCUT2D eigenvalue weighted by Gasteiger charge is -2.11. The molecule has 0 radical (unpaired) electrons. The van der Waals surface area contributed by atoms with Crippen molar-refractivity contribution in [1.82, 2.24) is 10.6 Å². The van der Waals surface area contributed by atoms with Gasteiger partial charge in [-0.25, -0.2) is 0 Å². The molecule has 0 unspecified atom stereocenters. The van der Waals surface area contributed by atoms with Gasteiger partial charge < -0.3 is 24.5 Å². The Balaban J connectivity index is 1.67. The molecule has 0 spiro atoms. The van der Waals surface area contributed by atoms with E-state index in [9.17, 15) is 9.59 Å². The van der Waals surface area contributed by atoms with Gasteiger partial charge >= 0.3 is 0 Å². The molecular weight excluding hydrogens is 312 g/mol. The standard InChI is InChI=1S/C17H20N2O5/c1-12-5-6-13(15(10-12)22-2)24-11-16(20)18-7-8-19-17(21)14-4-3-9-23-14/h3-6,9-10H,7-8,11H2,1-2H3,(H,18,20)(H,19,21). The molecule has 2 aromatic rings. The number of furan rings is 1. The van der Waals surface area contributed by atoms with Gasteiger partial charge in [0.25, 0.3) is 11.8 Å². The summed E-state index contributed by atoms with van der Waals surface area (Å²) in [6, 6.07) is 8.66. The zero-order valence-electron chi connectivity index (χ0n) is 13.6. The van der Waals surface area contributed by atoms with E-state index in [4.69, 9.17) is 13.9 Å². The van der Waals surface area contributed by atoms with Gasteiger partial charge in [0, 0.05) is 13.1 Å². The molecular formula is C17H20N2O5. The number of rotatable bonds is 8. The summed E-state index contributed by atoms with van der Waals surface area (Å²) in [6.07, 6.45) is 1.42. The van der Waals surface area contributed by atoms with Gasteiger partial charge in [0.05, 0.1) is 13.4 Å². The molecule has 1 aromatic carbocycles. The van der Waals surface area contributed by atoms with Gasteiger partial charge in [0.2, 0.25) is 0 Å². The van der Waals surface area contributed by atoms with Gasteiger partial charge in [-0.1, -0.05) is 6.07 Å². The lowest BCUT2D eigenvalue weighted by molar-refractivity contribution is -0.123. The number of methoxy groups -OCH3 is 1. The van der Waals surface area contributed by atoms with E-state index in [-0.39, 0.29) is 24.2 Å². The van der Waals surface area contributed by atoms with Gasteiger partial charge in [-0.3, -0.25) is 9.59 Å². The van der Waals surface area contributed by atoms with Crippen molar-refractivity contribution in [3.8, 4) is 11.5 Å². The minimum atomic E-state index is -0.324. The molecule has 0 aliphatic carbocycles. The van der Waals surface area contributed by atoms with Crippen molar-refractivity contribution in [3.63, 3.8) is 0 Å². The molecule has 0 aliphatic heterocycles. The van der Waals surface area contributed by atoms with Crippen molar-refractivity contribution in [2.45, 2.75) is 6.92 Å². The lowest BCUT2D eigenvalue weighted by atomic mass is 10.2. The van der Waals surface area contributed by atoms with Crippen molar-refractivity contribution in [1.29, 1.82) is 0 Å². The Kier molecular flexibility index (Phi) is 6.24. The van der Waals surface area contributed by atoms with E-state index in [1.165, 1.54) is 6.26 Å². The highest BCUT2D eigenvalue weighted by Gasteiger charge is 2.09. The molecule has 0 saturated heterocycles. The Morgan fingerprint density at radius 1 is 1.12 bits per heavy atom. The molecule has 24 heavy (non-hydrogen) atoms. The summed E-state index contributed by atoms with van der Waals surface area (Å²) in [5, 5.41) is 5.28. The van der Waals surface area contributed by atoms with Crippen molar-refractivity contribution in [2.75, 3.05) is 26.8 Å². The summed E-state index contributed by atoms with van der Waals surface area (Å²) in [6.45, 7) is 2.39. The van der Waals surface area contributed by atoms with Crippen LogP contribution in [0.2, 0.25) is 0 Å². The molecule has 2 amide bonds. The summed E-state index contributed by atoms with van der Waals surface area (Å²) >= 11 is 0. The molecule has 0 bridgehead atoms. The van der Waals surface area contributed by atoms with Crippen LogP contribution in [0, 0.1) is 6.92 Å². The first-order valence-corrected chi connectivity index (χ1v) is 7.46. The van der Waals surface area contributed by atoms with Crippen LogP contribution in [0.4, 0.5) is 0 Å². The molecule has 0 atom stereocenters. The number of aryl methyl sites for hydroxylation is 1. The van der Waals surface area contributed by atoms with Gasteiger partial charge in [-0.05, 0) is 36.8 Å². The first-order chi connectivity index (χ1) is 11.6. The van der Waals surface area contributed by atoms with Crippen LogP contribution in [0.5, 0.6) is 11.5 Å². The van der Waals surface area contributed by atoms with E-state index in [0.29, 0.717) is 24.6 Å². The number of benzene rings is 1. The highest BCUT2D eigenvalue weighted by atomic mass is 16.5. The van der Waals surface area contributed by atoms with E-state index in [1.807, 2.05) is 19.1 Å². The number of amides is 2. The van der Waals surface area contributed by atoms with Crippen LogP contribution in [0.25, 0.3) is 0 Å². The molecule has 2 N–H and O–H groups in total. The van der Waals surface area contributed by atoms with Crippen LogP contribution >= 0.6 is 0 Å². The monoisotopic (exact) mass is 332 g/mol. The second kappa shape index (κ2) is 8.61. The third kappa shape index (κ3) is 5.05. The third-order valence-corrected chi connectivity index (χ3v) is 3.16. The molecule has 0 saturated carbocycles. The topological polar surface area (TPSA) is 89.8 Å². The van der Waals surface area contributed by atoms with E-state index in [0.717, 1.165) is 5.56 Å². The fourth-order valence-electron chi connectivity index (χ4n) is 1.96. The Hall–Kier alpha value is -2.96. The Morgan fingerprint density at radius 3 is 2.62 bits per heavy atom. The number of hydrogen-bond acceptors (Lipinski definition) is 5. The zero-order valence-corrected chi connectivity index (χ0v) is 13.6. The average Bonchev–Trinajstić information content (AvgIpc) is 3.12. The van der Waals surface area contributed by atoms with E-state index in [2.05, 4.69) is 10.6 Å². The van der Waals surface area contributed by atoms with Crippen LogP contribution < -0.4 is 20.1 Å². The number of nitrogens with one attached hydrogen (secondary N) is 2. The molecule has 7 nitrogen and oxygen atoms in total. The summed E-state index contributed by atoms with van der Waals surface area (Å²) in [7, 11) is 1.55. The van der Waals surface area contributed by atoms with Gasteiger partial charge in [-0.15, -0.1) is 0 Å². The molecule has 0 aliphatic rings.